The number of phenolic OH excluding ortho intramolecular Hbond substituents is 2. The fraction of sp³-hybridized carbons (Fsp3) is 0.600. The first-order chi connectivity index (χ1) is 27.1. The van der Waals surface area contributed by atoms with Crippen LogP contribution in [-0.2, 0) is 48.3 Å². The molecule has 0 aromatic heterocycles. The van der Waals surface area contributed by atoms with Gasteiger partial charge in [0.15, 0.2) is 12.1 Å². The zero-order chi connectivity index (χ0) is 42.7. The highest BCUT2D eigenvalue weighted by atomic mass is 16.7. The van der Waals surface area contributed by atoms with Crippen molar-refractivity contribution in [3.8, 4) is 17.2 Å². The number of methoxy groups -OCH3 is 4. The molecule has 2 aromatic carbocycles. The minimum Gasteiger partial charge on any atom is -0.507 e. The highest BCUT2D eigenvalue weighted by molar-refractivity contribution is 6.31. The van der Waals surface area contributed by atoms with Gasteiger partial charge < -0.3 is 68.3 Å². The van der Waals surface area contributed by atoms with Crippen molar-refractivity contribution >= 4 is 23.4 Å². The van der Waals surface area contributed by atoms with E-state index in [1.807, 2.05) is 0 Å². The number of benzene rings is 2. The second-order valence-corrected chi connectivity index (χ2v) is 16.2. The molecule has 2 fully saturated rings. The van der Waals surface area contributed by atoms with E-state index in [0.717, 1.165) is 18.1 Å². The summed E-state index contributed by atoms with van der Waals surface area (Å²) in [5.41, 5.74) is -7.12. The van der Waals surface area contributed by atoms with Crippen molar-refractivity contribution in [3.05, 3.63) is 51.1 Å². The van der Waals surface area contributed by atoms with Gasteiger partial charge in [0.2, 0.25) is 18.0 Å². The van der Waals surface area contributed by atoms with Gasteiger partial charge in [0.05, 0.1) is 47.7 Å². The number of esters is 1. The molecule has 2 bridgehead atoms. The van der Waals surface area contributed by atoms with Crippen LogP contribution < -0.4 is 4.74 Å². The summed E-state index contributed by atoms with van der Waals surface area (Å²) in [7, 11) is 6.86. The molecule has 0 saturated carbocycles. The highest BCUT2D eigenvalue weighted by Gasteiger charge is 2.61. The Kier molecular flexibility index (Phi) is 10.3. The number of carbonyl (C=O) groups is 4. The van der Waals surface area contributed by atoms with Crippen molar-refractivity contribution in [2.75, 3.05) is 35.5 Å². The smallest absolute Gasteiger partial charge is 0.316 e. The third-order valence-corrected chi connectivity index (χ3v) is 12.8. The molecule has 316 valence electrons. The van der Waals surface area contributed by atoms with Crippen molar-refractivity contribution < 1.29 is 82.6 Å². The number of nitrogens with zero attached hydrogens (tertiary/aromatic N) is 1. The van der Waals surface area contributed by atoms with Gasteiger partial charge in [-0.05, 0) is 45.4 Å². The van der Waals surface area contributed by atoms with E-state index in [9.17, 15) is 44.7 Å². The number of likely N-dealkylation sites (N-methyl/N-ethyl adjacent to an activating group) is 1. The lowest BCUT2D eigenvalue weighted by atomic mass is 9.68. The van der Waals surface area contributed by atoms with E-state index in [0.29, 0.717) is 0 Å². The van der Waals surface area contributed by atoms with Crippen molar-refractivity contribution in [1.29, 1.82) is 0 Å². The number of aliphatic hydroxyl groups is 3. The van der Waals surface area contributed by atoms with Gasteiger partial charge in [0.1, 0.15) is 58.8 Å². The number of hydrogen-bond donors (Lipinski definition) is 5. The second kappa shape index (κ2) is 14.2. The quantitative estimate of drug-likeness (QED) is 0.209. The summed E-state index contributed by atoms with van der Waals surface area (Å²) in [5, 5.41) is 58.6. The summed E-state index contributed by atoms with van der Waals surface area (Å²) in [5.74, 6) is -6.66. The molecule has 2 aromatic rings. The maximum atomic E-state index is 14.8. The van der Waals surface area contributed by atoms with E-state index in [4.69, 9.17) is 37.9 Å². The first-order valence-electron chi connectivity index (χ1n) is 18.7. The standard InChI is InChI=1S/C40H49NO17/c1-14-33(51-7)40(5,54-10)34(52-8)37(55-14)56-20-13-38(3,50)25(35(49)53-9)16-11-17-22(28(45)21(16)20)29(46)23-19(43)12-18-31(24(23)27(17)44)57-36-30(47)26(41(6)15(2)42)32(48)39(18,4)58-36/h11-12,14,20,25-26,30,32-34,36-37,43,45,47-48,50H,13H2,1-10H3. The Labute approximate surface area is 333 Å². The Morgan fingerprint density at radius 3 is 2.19 bits per heavy atom. The lowest BCUT2D eigenvalue weighted by Crippen LogP contribution is -2.69. The largest absolute Gasteiger partial charge is 0.507 e. The number of fused-ring (bicyclic) bond motifs is 8. The van der Waals surface area contributed by atoms with Gasteiger partial charge >= 0.3 is 5.97 Å². The Balaban J connectivity index is 1.40. The SMILES string of the molecule is COC(=O)C1c2cc3c(c(O)c2C(OC2OC(C)C(OC)C(C)(OC)C2OC)CC1(C)O)C(=O)c1c(O)cc2c(c1C3=O)OC1OC2(C)C(O)C(N(C)C(C)=O)C1O. The molecule has 2 aliphatic carbocycles. The predicted octanol–water partition coefficient (Wildman–Crippen LogP) is 1.05. The number of carbonyl (C=O) groups excluding carboxylic acids is 4. The fourth-order valence-electron chi connectivity index (χ4n) is 9.74. The van der Waals surface area contributed by atoms with Crippen molar-refractivity contribution in [2.45, 2.75) is 119 Å². The molecule has 3 aliphatic heterocycles. The Morgan fingerprint density at radius 1 is 0.948 bits per heavy atom. The highest BCUT2D eigenvalue weighted by Crippen LogP contribution is 2.56. The molecule has 18 nitrogen and oxygen atoms in total. The number of ether oxygens (including phenoxy) is 8. The summed E-state index contributed by atoms with van der Waals surface area (Å²) in [6.07, 6.45) is -9.90. The van der Waals surface area contributed by atoms with E-state index in [1.54, 1.807) is 13.8 Å². The zero-order valence-corrected chi connectivity index (χ0v) is 33.7. The molecule has 5 N–H and O–H groups in total. The fourth-order valence-corrected chi connectivity index (χ4v) is 9.74. The third-order valence-electron chi connectivity index (χ3n) is 12.8. The van der Waals surface area contributed by atoms with Crippen LogP contribution in [0.2, 0.25) is 0 Å². The van der Waals surface area contributed by atoms with E-state index < -0.39 is 135 Å². The van der Waals surface area contributed by atoms with Gasteiger partial charge in [0, 0.05) is 58.4 Å². The Morgan fingerprint density at radius 2 is 1.60 bits per heavy atom. The van der Waals surface area contributed by atoms with Crippen molar-refractivity contribution in [3.63, 3.8) is 0 Å². The zero-order valence-electron chi connectivity index (χ0n) is 33.7. The van der Waals surface area contributed by atoms with Crippen LogP contribution in [-0.4, -0.2) is 150 Å². The number of aliphatic hydroxyl groups excluding tert-OH is 2. The van der Waals surface area contributed by atoms with E-state index in [-0.39, 0.29) is 28.9 Å². The number of phenols is 2. The van der Waals surface area contributed by atoms with Crippen LogP contribution in [0.3, 0.4) is 0 Å². The van der Waals surface area contributed by atoms with Gasteiger partial charge in [-0.25, -0.2) is 0 Å². The van der Waals surface area contributed by atoms with E-state index >= 15 is 0 Å². The molecule has 3 heterocycles. The maximum absolute atomic E-state index is 14.8. The van der Waals surface area contributed by atoms with Crippen LogP contribution >= 0.6 is 0 Å². The van der Waals surface area contributed by atoms with E-state index in [2.05, 4.69) is 0 Å². The van der Waals surface area contributed by atoms with E-state index in [1.165, 1.54) is 55.2 Å². The van der Waals surface area contributed by atoms with Crippen molar-refractivity contribution in [2.24, 2.45) is 0 Å². The number of amides is 1. The van der Waals surface area contributed by atoms with Gasteiger partial charge in [-0.3, -0.25) is 19.2 Å². The molecule has 58 heavy (non-hydrogen) atoms. The minimum absolute atomic E-state index is 0.0647. The molecule has 7 rings (SSSR count). The van der Waals surface area contributed by atoms with Crippen LogP contribution in [0, 0.1) is 0 Å². The summed E-state index contributed by atoms with van der Waals surface area (Å²) in [4.78, 5) is 56.4. The average Bonchev–Trinajstić information content (AvgIpc) is 3.15. The summed E-state index contributed by atoms with van der Waals surface area (Å²) in [6, 6.07) is 1.04. The predicted molar refractivity (Wildman–Crippen MR) is 195 cm³/mol. The summed E-state index contributed by atoms with van der Waals surface area (Å²) >= 11 is 0. The first-order valence-corrected chi connectivity index (χ1v) is 18.7. The molecule has 0 spiro atoms. The third kappa shape index (κ3) is 5.72. The number of ketones is 2. The number of hydrogen-bond acceptors (Lipinski definition) is 17. The monoisotopic (exact) mass is 815 g/mol. The number of aromatic hydroxyl groups is 2. The average molecular weight is 816 g/mol. The van der Waals surface area contributed by atoms with Gasteiger partial charge in [-0.15, -0.1) is 0 Å². The Bertz CT molecular complexity index is 2090. The van der Waals surface area contributed by atoms with Crippen LogP contribution in [0.5, 0.6) is 17.2 Å². The molecule has 13 unspecified atom stereocenters. The molecule has 0 radical (unpaired) electrons. The van der Waals surface area contributed by atoms with Gasteiger partial charge in [-0.1, -0.05) is 0 Å². The molecule has 1 amide bonds. The van der Waals surface area contributed by atoms with Crippen LogP contribution in [0.15, 0.2) is 12.1 Å². The lowest BCUT2D eigenvalue weighted by molar-refractivity contribution is -0.345. The molecule has 18 heteroatoms. The maximum Gasteiger partial charge on any atom is 0.316 e. The first kappa shape index (κ1) is 41.9. The lowest BCUT2D eigenvalue weighted by Gasteiger charge is -2.54. The van der Waals surface area contributed by atoms with Crippen molar-refractivity contribution in [1.82, 2.24) is 4.90 Å². The van der Waals surface area contributed by atoms with Gasteiger partial charge in [-0.2, -0.15) is 0 Å². The summed E-state index contributed by atoms with van der Waals surface area (Å²) in [6.45, 7) is 7.51. The van der Waals surface area contributed by atoms with Crippen LogP contribution in [0.25, 0.3) is 0 Å². The van der Waals surface area contributed by atoms with Crippen LogP contribution in [0.1, 0.15) is 102 Å². The molecule has 13 atom stereocenters. The summed E-state index contributed by atoms with van der Waals surface area (Å²) < 4.78 is 47.3. The molecule has 2 saturated heterocycles. The molecule has 5 aliphatic rings. The number of rotatable bonds is 7. The Hall–Kier alpha value is -4.24. The normalized spacial score (nSPS) is 37.5. The topological polar surface area (TPSA) is 247 Å². The minimum atomic E-state index is -1.94. The second-order valence-electron chi connectivity index (χ2n) is 16.2. The molecular formula is C40H49NO17. The molecular weight excluding hydrogens is 766 g/mol. The van der Waals surface area contributed by atoms with Gasteiger partial charge in [0.25, 0.3) is 0 Å². The van der Waals surface area contributed by atoms with Crippen LogP contribution in [0.4, 0.5) is 0 Å².